The van der Waals surface area contributed by atoms with Crippen molar-refractivity contribution in [2.75, 3.05) is 18.9 Å². The Kier molecular flexibility index (Phi) is 7.96. The number of likely N-dealkylation sites (N-methyl/N-ethyl adjacent to an activating group) is 1. The number of rotatable bonds is 7. The quantitative estimate of drug-likeness (QED) is 0.750. The van der Waals surface area contributed by atoms with Crippen LogP contribution in [0.15, 0.2) is 24.3 Å². The van der Waals surface area contributed by atoms with E-state index in [0.29, 0.717) is 5.69 Å². The van der Waals surface area contributed by atoms with Gasteiger partial charge in [-0.15, -0.1) is 0 Å². The zero-order chi connectivity index (χ0) is 20.7. The first kappa shape index (κ1) is 21.9. The topological polar surface area (TPSA) is 78.5 Å². The first-order chi connectivity index (χ1) is 13.3. The Hall–Kier alpha value is -2.44. The second kappa shape index (κ2) is 10.2. The van der Waals surface area contributed by atoms with Gasteiger partial charge < -0.3 is 15.5 Å². The van der Waals surface area contributed by atoms with Crippen molar-refractivity contribution in [3.05, 3.63) is 30.1 Å². The molecule has 1 aliphatic carbocycles. The molecule has 28 heavy (non-hydrogen) atoms. The molecule has 1 aromatic carbocycles. The predicted molar refractivity (Wildman–Crippen MR) is 106 cm³/mol. The maximum absolute atomic E-state index is 12.9. The minimum atomic E-state index is -0.668. The third-order valence-electron chi connectivity index (χ3n) is 5.09. The van der Waals surface area contributed by atoms with E-state index < -0.39 is 11.9 Å². The number of benzene rings is 1. The van der Waals surface area contributed by atoms with Gasteiger partial charge in [-0.1, -0.05) is 33.1 Å². The van der Waals surface area contributed by atoms with Gasteiger partial charge in [0.15, 0.2) is 0 Å². The van der Waals surface area contributed by atoms with Gasteiger partial charge >= 0.3 is 0 Å². The van der Waals surface area contributed by atoms with Crippen LogP contribution in [0, 0.1) is 17.7 Å². The van der Waals surface area contributed by atoms with Crippen molar-refractivity contribution >= 4 is 23.4 Å². The molecule has 7 heteroatoms. The Morgan fingerprint density at radius 2 is 1.71 bits per heavy atom. The zero-order valence-electron chi connectivity index (χ0n) is 16.8. The fourth-order valence-corrected chi connectivity index (χ4v) is 3.41. The molecule has 0 spiro atoms. The van der Waals surface area contributed by atoms with Crippen LogP contribution in [0.2, 0.25) is 0 Å². The van der Waals surface area contributed by atoms with Crippen molar-refractivity contribution in [1.82, 2.24) is 10.2 Å². The molecule has 0 bridgehead atoms. The number of halogens is 1. The molecule has 2 N–H and O–H groups in total. The number of anilines is 1. The molecule has 1 atom stereocenters. The fourth-order valence-electron chi connectivity index (χ4n) is 3.41. The molecule has 1 aliphatic rings. The lowest BCUT2D eigenvalue weighted by molar-refractivity contribution is -0.139. The molecule has 1 saturated carbocycles. The van der Waals surface area contributed by atoms with Gasteiger partial charge in [0, 0.05) is 18.7 Å². The summed E-state index contributed by atoms with van der Waals surface area (Å²) in [4.78, 5) is 38.9. The van der Waals surface area contributed by atoms with Crippen LogP contribution in [-0.4, -0.2) is 42.3 Å². The second-order valence-electron chi connectivity index (χ2n) is 7.81. The van der Waals surface area contributed by atoms with E-state index in [1.54, 1.807) is 0 Å². The van der Waals surface area contributed by atoms with Crippen molar-refractivity contribution < 1.29 is 18.8 Å². The molecule has 1 aromatic rings. The Bertz CT molecular complexity index is 685. The maximum Gasteiger partial charge on any atom is 0.245 e. The van der Waals surface area contributed by atoms with E-state index in [2.05, 4.69) is 10.6 Å². The second-order valence-corrected chi connectivity index (χ2v) is 7.81. The predicted octanol–water partition coefficient (Wildman–Crippen LogP) is 2.94. The highest BCUT2D eigenvalue weighted by Gasteiger charge is 2.30. The van der Waals surface area contributed by atoms with Crippen molar-refractivity contribution in [2.24, 2.45) is 11.8 Å². The highest BCUT2D eigenvalue weighted by atomic mass is 19.1. The Morgan fingerprint density at radius 3 is 2.29 bits per heavy atom. The van der Waals surface area contributed by atoms with E-state index in [4.69, 9.17) is 0 Å². The molecular formula is C21H30FN3O3. The normalized spacial score (nSPS) is 15.8. The van der Waals surface area contributed by atoms with Crippen LogP contribution in [-0.2, 0) is 14.4 Å². The molecule has 0 saturated heterocycles. The summed E-state index contributed by atoms with van der Waals surface area (Å²) in [6.07, 6.45) is 4.97. The molecule has 1 unspecified atom stereocenters. The van der Waals surface area contributed by atoms with Crippen LogP contribution < -0.4 is 10.6 Å². The summed E-state index contributed by atoms with van der Waals surface area (Å²) < 4.78 is 12.9. The minimum absolute atomic E-state index is 0.0325. The zero-order valence-corrected chi connectivity index (χ0v) is 16.8. The molecule has 6 nitrogen and oxygen atoms in total. The standard InChI is InChI=1S/C21H30FN3O3/c1-14(2)19(24-20(27)15-7-5-4-6-8-15)21(28)25(3)13-18(26)23-17-11-9-16(22)10-12-17/h9-12,14-15,19H,4-8,13H2,1-3H3,(H,23,26)(H,24,27). The van der Waals surface area contributed by atoms with E-state index in [0.717, 1.165) is 32.1 Å². The van der Waals surface area contributed by atoms with E-state index in [-0.39, 0.29) is 36.1 Å². The average molecular weight is 391 g/mol. The van der Waals surface area contributed by atoms with E-state index in [9.17, 15) is 18.8 Å². The molecule has 1 fully saturated rings. The van der Waals surface area contributed by atoms with Crippen molar-refractivity contribution in [1.29, 1.82) is 0 Å². The largest absolute Gasteiger partial charge is 0.344 e. The van der Waals surface area contributed by atoms with Crippen LogP contribution in [0.5, 0.6) is 0 Å². The molecule has 0 aromatic heterocycles. The number of amides is 3. The van der Waals surface area contributed by atoms with E-state index in [1.165, 1.54) is 36.2 Å². The third kappa shape index (κ3) is 6.32. The summed E-state index contributed by atoms with van der Waals surface area (Å²) in [5.41, 5.74) is 0.457. The van der Waals surface area contributed by atoms with E-state index >= 15 is 0 Å². The first-order valence-electron chi connectivity index (χ1n) is 9.88. The van der Waals surface area contributed by atoms with Crippen molar-refractivity contribution in [3.8, 4) is 0 Å². The molecule has 0 heterocycles. The highest BCUT2D eigenvalue weighted by Crippen LogP contribution is 2.24. The van der Waals surface area contributed by atoms with Crippen LogP contribution in [0.3, 0.4) is 0 Å². The summed E-state index contributed by atoms with van der Waals surface area (Å²) in [5, 5.41) is 5.52. The summed E-state index contributed by atoms with van der Waals surface area (Å²) in [6.45, 7) is 3.59. The van der Waals surface area contributed by atoms with Gasteiger partial charge in [-0.3, -0.25) is 14.4 Å². The number of nitrogens with one attached hydrogen (secondary N) is 2. The molecule has 0 aliphatic heterocycles. The number of hydrogen-bond donors (Lipinski definition) is 2. The van der Waals surface area contributed by atoms with Crippen LogP contribution in [0.25, 0.3) is 0 Å². The van der Waals surface area contributed by atoms with E-state index in [1.807, 2.05) is 13.8 Å². The Balaban J connectivity index is 1.92. The maximum atomic E-state index is 12.9. The number of hydrogen-bond acceptors (Lipinski definition) is 3. The van der Waals surface area contributed by atoms with Gasteiger partial charge in [0.25, 0.3) is 0 Å². The minimum Gasteiger partial charge on any atom is -0.344 e. The van der Waals surface area contributed by atoms with Gasteiger partial charge in [0.1, 0.15) is 11.9 Å². The van der Waals surface area contributed by atoms with Gasteiger partial charge in [0.05, 0.1) is 6.54 Å². The smallest absolute Gasteiger partial charge is 0.245 e. The molecule has 3 amide bonds. The first-order valence-corrected chi connectivity index (χ1v) is 9.88. The number of nitrogens with zero attached hydrogens (tertiary/aromatic N) is 1. The number of carbonyl (C=O) groups excluding carboxylic acids is 3. The number of carbonyl (C=O) groups is 3. The third-order valence-corrected chi connectivity index (χ3v) is 5.09. The Morgan fingerprint density at radius 1 is 1.11 bits per heavy atom. The van der Waals surface area contributed by atoms with Gasteiger partial charge in [-0.05, 0) is 43.0 Å². The average Bonchev–Trinajstić information content (AvgIpc) is 2.67. The SMILES string of the molecule is CC(C)C(NC(=O)C1CCCCC1)C(=O)N(C)CC(=O)Nc1ccc(F)cc1. The van der Waals surface area contributed by atoms with Gasteiger partial charge in [0.2, 0.25) is 17.7 Å². The Labute approximate surface area is 165 Å². The molecular weight excluding hydrogens is 361 g/mol. The fraction of sp³-hybridized carbons (Fsp3) is 0.571. The van der Waals surface area contributed by atoms with Crippen molar-refractivity contribution in [2.45, 2.75) is 52.0 Å². The van der Waals surface area contributed by atoms with Crippen molar-refractivity contribution in [3.63, 3.8) is 0 Å². The lowest BCUT2D eigenvalue weighted by Crippen LogP contribution is -2.52. The van der Waals surface area contributed by atoms with Crippen LogP contribution >= 0.6 is 0 Å². The van der Waals surface area contributed by atoms with Gasteiger partial charge in [-0.2, -0.15) is 0 Å². The summed E-state index contributed by atoms with van der Waals surface area (Å²) in [7, 11) is 1.54. The lowest BCUT2D eigenvalue weighted by Gasteiger charge is -2.29. The lowest BCUT2D eigenvalue weighted by atomic mass is 9.88. The summed E-state index contributed by atoms with van der Waals surface area (Å²) >= 11 is 0. The summed E-state index contributed by atoms with van der Waals surface area (Å²) in [6, 6.07) is 4.74. The monoisotopic (exact) mass is 391 g/mol. The van der Waals surface area contributed by atoms with Crippen LogP contribution in [0.4, 0.5) is 10.1 Å². The van der Waals surface area contributed by atoms with Crippen LogP contribution in [0.1, 0.15) is 46.0 Å². The molecule has 2 rings (SSSR count). The molecule has 0 radical (unpaired) electrons. The molecule has 154 valence electrons. The summed E-state index contributed by atoms with van der Waals surface area (Å²) in [5.74, 6) is -1.27. The highest BCUT2D eigenvalue weighted by molar-refractivity contribution is 5.96. The van der Waals surface area contributed by atoms with Gasteiger partial charge in [-0.25, -0.2) is 4.39 Å².